The molecule has 0 saturated heterocycles. The number of benzene rings is 4. The summed E-state index contributed by atoms with van der Waals surface area (Å²) in [5, 5.41) is 0. The first-order valence-corrected chi connectivity index (χ1v) is 30.3. The van der Waals surface area contributed by atoms with Crippen LogP contribution in [-0.2, 0) is 69.2 Å². The molecule has 17 nitrogen and oxygen atoms in total. The number of esters is 1. The first-order chi connectivity index (χ1) is 36.5. The summed E-state index contributed by atoms with van der Waals surface area (Å²) in [5.74, 6) is -0.325. The van der Waals surface area contributed by atoms with Crippen LogP contribution >= 0.6 is 43.5 Å². The van der Waals surface area contributed by atoms with Gasteiger partial charge in [-0.1, -0.05) is 103 Å². The fraction of sp³-hybridized carbons (Fsp3) is 0.527. The number of nitrogens with one attached hydrogen (secondary N) is 1. The smallest absolute Gasteiger partial charge is 1.00 e. The number of hydrogen-bond acceptors (Lipinski definition) is 14. The monoisotopic (exact) mass is 1300 g/mol. The van der Waals surface area contributed by atoms with E-state index in [1.165, 1.54) is 24.1 Å². The van der Waals surface area contributed by atoms with Crippen LogP contribution < -0.4 is 43.5 Å². The van der Waals surface area contributed by atoms with Crippen LogP contribution in [0.1, 0.15) is 104 Å². The third kappa shape index (κ3) is 35.1. The normalized spacial score (nSPS) is 10.6. The zero-order valence-electron chi connectivity index (χ0n) is 50.4. The Balaban J connectivity index is -0.000000375. The van der Waals surface area contributed by atoms with Crippen molar-refractivity contribution in [2.45, 2.75) is 124 Å². The summed E-state index contributed by atoms with van der Waals surface area (Å²) in [6.07, 6.45) is -0.465. The summed E-state index contributed by atoms with van der Waals surface area (Å²) < 4.78 is 97.9. The molecule has 442 valence electrons. The van der Waals surface area contributed by atoms with Crippen molar-refractivity contribution in [3.63, 3.8) is 0 Å². The molecule has 0 saturated carbocycles. The number of carbonyl (C=O) groups is 2. The molecule has 0 radical (unpaired) electrons. The van der Waals surface area contributed by atoms with Gasteiger partial charge in [0.2, 0.25) is 0 Å². The third-order valence-corrected chi connectivity index (χ3v) is 13.7. The molecule has 78 heavy (non-hydrogen) atoms. The number of halogens is 3. The Kier molecular flexibility index (Phi) is 48.9. The minimum Gasteiger partial charge on any atom is -1.00 e. The zero-order chi connectivity index (χ0) is 59.7. The first kappa shape index (κ1) is 81.6. The van der Waals surface area contributed by atoms with Crippen molar-refractivity contribution in [3.8, 4) is 0 Å². The number of amides is 1. The molecule has 0 unspecified atom stereocenters. The Hall–Kier alpha value is -2.87. The number of rotatable bonds is 23. The maximum atomic E-state index is 13.6. The molecule has 0 bridgehead atoms. The van der Waals surface area contributed by atoms with Gasteiger partial charge in [0, 0.05) is 41.6 Å². The van der Waals surface area contributed by atoms with E-state index in [9.17, 15) is 26.4 Å². The van der Waals surface area contributed by atoms with Crippen LogP contribution in [0, 0.1) is 0 Å². The summed E-state index contributed by atoms with van der Waals surface area (Å²) in [7, 11) is -2.97. The van der Waals surface area contributed by atoms with E-state index in [0.29, 0.717) is 52.4 Å². The number of ether oxygens (including phenoxy) is 8. The maximum absolute atomic E-state index is 13.6. The Bertz CT molecular complexity index is 2380. The quantitative estimate of drug-likeness (QED) is 0.0242. The van der Waals surface area contributed by atoms with Gasteiger partial charge in [-0.05, 0) is 140 Å². The second-order valence-corrected chi connectivity index (χ2v) is 21.7. The predicted octanol–water partition coefficient (Wildman–Crippen LogP) is 10.8. The Labute approximate surface area is 514 Å². The van der Waals surface area contributed by atoms with Crippen molar-refractivity contribution >= 4 is 92.6 Å². The molecule has 0 aliphatic heterocycles. The van der Waals surface area contributed by atoms with Crippen molar-refractivity contribution < 1.29 is 95.3 Å². The number of hydrogen-bond donors (Lipinski definition) is 1. The molecule has 23 heteroatoms. The van der Waals surface area contributed by atoms with Gasteiger partial charge in [-0.3, -0.25) is 14.4 Å². The van der Waals surface area contributed by atoms with Crippen molar-refractivity contribution in [1.82, 2.24) is 0 Å². The van der Waals surface area contributed by atoms with Gasteiger partial charge in [0.15, 0.2) is 0 Å². The molecule has 4 aromatic carbocycles. The van der Waals surface area contributed by atoms with Gasteiger partial charge < -0.3 is 39.3 Å². The fourth-order valence-corrected chi connectivity index (χ4v) is 9.78. The minimum atomic E-state index is -3.99. The molecule has 0 spiro atoms. The Morgan fingerprint density at radius 1 is 0.564 bits per heavy atom. The number of nitrogens with zero attached hydrogens (tertiary/aromatic N) is 2. The molecular formula is C55H89Br2ClN3NaO14S2. The largest absolute Gasteiger partial charge is 1.00 e. The molecule has 0 aliphatic carbocycles. The van der Waals surface area contributed by atoms with E-state index in [2.05, 4.69) is 41.3 Å². The molecule has 0 heterocycles. The summed E-state index contributed by atoms with van der Waals surface area (Å²) in [5.41, 5.74) is 0.738. The van der Waals surface area contributed by atoms with Gasteiger partial charge in [0.1, 0.15) is 40.5 Å². The SMILES string of the molecule is CC.CC.CC.CC.CC(C)(C)OC(=O)Cc1ccc(NS(=O)(=O)c2ccccc2Br)cc1.COCCOCCl.COCCOCN(C(=O)OC(C)(C)C)c1ccc(N(COCCOC)S(=O)(=O)c2ccccc2Br)cc1.[H-].[Na+]. The number of anilines is 3. The Morgan fingerprint density at radius 2 is 0.974 bits per heavy atom. The van der Waals surface area contributed by atoms with E-state index in [-0.39, 0.29) is 85.9 Å². The van der Waals surface area contributed by atoms with Crippen molar-refractivity contribution in [1.29, 1.82) is 0 Å². The molecule has 0 aromatic heterocycles. The van der Waals surface area contributed by atoms with Crippen molar-refractivity contribution in [3.05, 3.63) is 112 Å². The topological polar surface area (TPSA) is 195 Å². The number of alkyl halides is 1. The molecule has 1 amide bonds. The zero-order valence-corrected chi connectivity index (χ0v) is 56.9. The van der Waals surface area contributed by atoms with Crippen LogP contribution in [0.25, 0.3) is 0 Å². The molecule has 1 N–H and O–H groups in total. The minimum absolute atomic E-state index is 0. The van der Waals surface area contributed by atoms with Crippen LogP contribution in [0.4, 0.5) is 21.9 Å². The number of methoxy groups -OCH3 is 3. The average Bonchev–Trinajstić information content (AvgIpc) is 3.39. The second kappa shape index (κ2) is 46.7. The summed E-state index contributed by atoms with van der Waals surface area (Å²) in [6.45, 7) is 28.8. The summed E-state index contributed by atoms with van der Waals surface area (Å²) >= 11 is 11.7. The van der Waals surface area contributed by atoms with E-state index in [0.717, 1.165) is 9.87 Å². The van der Waals surface area contributed by atoms with Crippen LogP contribution in [0.5, 0.6) is 0 Å². The van der Waals surface area contributed by atoms with Gasteiger partial charge >= 0.3 is 41.6 Å². The Morgan fingerprint density at radius 3 is 1.40 bits per heavy atom. The van der Waals surface area contributed by atoms with E-state index >= 15 is 0 Å². The molecule has 0 atom stereocenters. The summed E-state index contributed by atoms with van der Waals surface area (Å²) in [6, 6.07) is 26.4. The molecule has 4 aromatic rings. The first-order valence-electron chi connectivity index (χ1n) is 25.2. The van der Waals surface area contributed by atoms with Gasteiger partial charge in [-0.15, -0.1) is 0 Å². The summed E-state index contributed by atoms with van der Waals surface area (Å²) in [4.78, 5) is 26.3. The third-order valence-electron chi connectivity index (χ3n) is 8.37. The van der Waals surface area contributed by atoms with Crippen molar-refractivity contribution in [2.24, 2.45) is 0 Å². The standard InChI is InChI=1S/C25H35BrN2O8S.C18H20BrNO4S.C4H9ClO2.4C2H6.Na.H/c1-25(2,3)36-24(29)27(18-34-16-14-32-4)20-10-12-21(13-11-20)28(19-35-17-15-33-5)37(30,31)23-9-7-6-8-22(23)26;1-18(2,3)24-17(21)12-13-8-10-14(11-9-13)20-25(22,23)16-7-5-4-6-15(16)19;1-6-2-3-7-4-5;4*1-2;;/h6-13H,14-19H2,1-5H3;4-11,20H,12H2,1-3H3;2-4H2,1H3;4*1-2H3;;/q;;;;;;;+1;-1. The van der Waals surface area contributed by atoms with Gasteiger partial charge in [-0.2, -0.15) is 0 Å². The van der Waals surface area contributed by atoms with E-state index in [1.807, 2.05) is 76.2 Å². The molecular weight excluding hydrogens is 1210 g/mol. The van der Waals surface area contributed by atoms with E-state index < -0.39 is 37.3 Å². The van der Waals surface area contributed by atoms with Crippen LogP contribution in [0.15, 0.2) is 116 Å². The molecule has 0 fully saturated rings. The van der Waals surface area contributed by atoms with Gasteiger partial charge in [-0.25, -0.2) is 25.9 Å². The van der Waals surface area contributed by atoms with Crippen LogP contribution in [0.3, 0.4) is 0 Å². The van der Waals surface area contributed by atoms with Crippen LogP contribution in [-0.4, -0.2) is 121 Å². The predicted molar refractivity (Wildman–Crippen MR) is 320 cm³/mol. The molecule has 0 aliphatic rings. The van der Waals surface area contributed by atoms with Gasteiger partial charge in [0.25, 0.3) is 20.0 Å². The molecule has 4 rings (SSSR count). The van der Waals surface area contributed by atoms with E-state index in [4.69, 9.17) is 44.8 Å². The average molecular weight is 1300 g/mol. The second-order valence-electron chi connectivity index (χ2n) is 16.3. The number of sulfonamides is 2. The van der Waals surface area contributed by atoms with Crippen molar-refractivity contribution in [2.75, 3.05) is 94.4 Å². The van der Waals surface area contributed by atoms with E-state index in [1.54, 1.807) is 120 Å². The number of carbonyl (C=O) groups excluding carboxylic acids is 2. The van der Waals surface area contributed by atoms with Gasteiger partial charge in [0.05, 0.1) is 51.7 Å². The van der Waals surface area contributed by atoms with Crippen LogP contribution in [0.2, 0.25) is 0 Å². The maximum Gasteiger partial charge on any atom is 1.00 e. The fourth-order valence-electron chi connectivity index (χ4n) is 5.30.